The van der Waals surface area contributed by atoms with Crippen molar-refractivity contribution in [3.8, 4) is 0 Å². The minimum absolute atomic E-state index is 0.147. The van der Waals surface area contributed by atoms with Gasteiger partial charge in [0.25, 0.3) is 5.43 Å². The number of benzene rings is 2. The molecule has 0 spiro atoms. The van der Waals surface area contributed by atoms with Gasteiger partial charge in [-0.1, -0.05) is 18.2 Å². The molecule has 116 valence electrons. The van der Waals surface area contributed by atoms with Crippen molar-refractivity contribution in [1.29, 1.82) is 0 Å². The Morgan fingerprint density at radius 1 is 1.13 bits per heavy atom. The van der Waals surface area contributed by atoms with Crippen molar-refractivity contribution in [2.75, 3.05) is 0 Å². The molecule has 0 amide bonds. The van der Waals surface area contributed by atoms with Crippen LogP contribution < -0.4 is 11.0 Å². The van der Waals surface area contributed by atoms with Crippen LogP contribution in [-0.4, -0.2) is 20.9 Å². The zero-order valence-corrected chi connectivity index (χ0v) is 11.7. The summed E-state index contributed by atoms with van der Waals surface area (Å²) in [6.07, 6.45) is 0. The average Bonchev–Trinajstić information content (AvgIpc) is 2.53. The van der Waals surface area contributed by atoms with Crippen LogP contribution in [0.2, 0.25) is 0 Å². The lowest BCUT2D eigenvalue weighted by molar-refractivity contribution is 0.0699. The third-order valence-corrected chi connectivity index (χ3v) is 3.49. The Kier molecular flexibility index (Phi) is 3.53. The van der Waals surface area contributed by atoms with Gasteiger partial charge >= 0.3 is 11.5 Å². The number of carboxylic acid groups (broad SMARTS) is 1. The summed E-state index contributed by atoms with van der Waals surface area (Å²) in [6.45, 7) is 0.162. The summed E-state index contributed by atoms with van der Waals surface area (Å²) in [6, 6.07) is 9.94. The summed E-state index contributed by atoms with van der Waals surface area (Å²) >= 11 is 0. The van der Waals surface area contributed by atoms with Gasteiger partial charge in [-0.05, 0) is 29.8 Å². The van der Waals surface area contributed by atoms with Crippen LogP contribution in [0.4, 0.5) is 4.39 Å². The fourth-order valence-electron chi connectivity index (χ4n) is 2.43. The number of hydrogen-bond donors (Lipinski definition) is 2. The molecule has 3 rings (SSSR count). The Morgan fingerprint density at radius 3 is 2.48 bits per heavy atom. The highest BCUT2D eigenvalue weighted by molar-refractivity contribution is 6.02. The molecule has 0 atom stereocenters. The molecule has 0 saturated carbocycles. The zero-order chi connectivity index (χ0) is 16.6. The number of nitrogens with zero attached hydrogens (tertiary/aromatic N) is 1. The maximum Gasteiger partial charge on any atom is 0.336 e. The summed E-state index contributed by atoms with van der Waals surface area (Å²) in [5.41, 5.74) is -1.06. The first-order chi connectivity index (χ1) is 11.0. The number of carboxylic acids is 1. The minimum atomic E-state index is -1.29. The molecule has 0 aliphatic rings. The van der Waals surface area contributed by atoms with Crippen LogP contribution >= 0.6 is 0 Å². The Hall–Kier alpha value is -3.22. The molecule has 0 saturated heterocycles. The van der Waals surface area contributed by atoms with E-state index < -0.39 is 17.0 Å². The van der Waals surface area contributed by atoms with E-state index >= 15 is 0 Å². The molecular weight excluding hydrogens is 303 g/mol. The highest BCUT2D eigenvalue weighted by Crippen LogP contribution is 2.15. The standard InChI is InChI=1S/C16H11FN2O4/c17-10-6-4-9(5-7-10)8-19-12-3-1-2-11(16(22)23)13(12)14(20)15(21)18-19/h1-7H,8H2,(H,18,21)(H,22,23). The van der Waals surface area contributed by atoms with Crippen LogP contribution in [0.1, 0.15) is 15.9 Å². The van der Waals surface area contributed by atoms with Crippen molar-refractivity contribution >= 4 is 16.9 Å². The predicted molar refractivity (Wildman–Crippen MR) is 81.3 cm³/mol. The van der Waals surface area contributed by atoms with E-state index in [-0.39, 0.29) is 23.3 Å². The molecule has 0 unspecified atom stereocenters. The van der Waals surface area contributed by atoms with E-state index in [1.54, 1.807) is 18.2 Å². The molecule has 1 aromatic heterocycles. The number of halogens is 1. The van der Waals surface area contributed by atoms with Gasteiger partial charge < -0.3 is 5.11 Å². The van der Waals surface area contributed by atoms with Gasteiger partial charge in [0.2, 0.25) is 0 Å². The first-order valence-electron chi connectivity index (χ1n) is 6.71. The smallest absolute Gasteiger partial charge is 0.336 e. The van der Waals surface area contributed by atoms with Crippen molar-refractivity contribution in [3.05, 3.63) is 80.0 Å². The third-order valence-electron chi connectivity index (χ3n) is 3.49. The van der Waals surface area contributed by atoms with E-state index in [1.807, 2.05) is 0 Å². The lowest BCUT2D eigenvalue weighted by Gasteiger charge is -2.11. The van der Waals surface area contributed by atoms with E-state index in [0.29, 0.717) is 11.1 Å². The fraction of sp³-hybridized carbons (Fsp3) is 0.0625. The van der Waals surface area contributed by atoms with Crippen LogP contribution in [0.5, 0.6) is 0 Å². The summed E-state index contributed by atoms with van der Waals surface area (Å²) in [5.74, 6) is -1.67. The number of carbonyl (C=O) groups is 1. The first kappa shape index (κ1) is 14.7. The number of fused-ring (bicyclic) bond motifs is 1. The largest absolute Gasteiger partial charge is 0.478 e. The van der Waals surface area contributed by atoms with Crippen LogP contribution in [0.25, 0.3) is 10.9 Å². The van der Waals surface area contributed by atoms with Gasteiger partial charge in [0.1, 0.15) is 5.82 Å². The highest BCUT2D eigenvalue weighted by atomic mass is 19.1. The number of aromatic nitrogens is 2. The molecule has 6 nitrogen and oxygen atoms in total. The molecule has 0 fully saturated rings. The SMILES string of the molecule is O=C(O)c1cccc2c1c(=O)c(=O)[nH]n2Cc1ccc(F)cc1. The number of aromatic amines is 1. The van der Waals surface area contributed by atoms with Gasteiger partial charge in [-0.15, -0.1) is 0 Å². The van der Waals surface area contributed by atoms with E-state index in [1.165, 1.54) is 28.9 Å². The second-order valence-corrected chi connectivity index (χ2v) is 4.99. The van der Waals surface area contributed by atoms with Gasteiger partial charge in [0, 0.05) is 0 Å². The molecule has 2 N–H and O–H groups in total. The van der Waals surface area contributed by atoms with E-state index in [9.17, 15) is 23.9 Å². The Bertz CT molecular complexity index is 1020. The van der Waals surface area contributed by atoms with E-state index in [0.717, 1.165) is 0 Å². The first-order valence-corrected chi connectivity index (χ1v) is 6.71. The second kappa shape index (κ2) is 5.53. The maximum atomic E-state index is 13.0. The fourth-order valence-corrected chi connectivity index (χ4v) is 2.43. The van der Waals surface area contributed by atoms with Crippen molar-refractivity contribution in [2.45, 2.75) is 6.54 Å². The molecule has 0 aliphatic heterocycles. The van der Waals surface area contributed by atoms with Crippen molar-refractivity contribution in [2.24, 2.45) is 0 Å². The van der Waals surface area contributed by atoms with Gasteiger partial charge in [0.15, 0.2) is 0 Å². The van der Waals surface area contributed by atoms with Gasteiger partial charge in [0.05, 0.1) is 23.0 Å². The molecule has 0 bridgehead atoms. The second-order valence-electron chi connectivity index (χ2n) is 4.99. The zero-order valence-electron chi connectivity index (χ0n) is 11.7. The van der Waals surface area contributed by atoms with Crippen LogP contribution in [-0.2, 0) is 6.54 Å². The number of H-pyrrole nitrogens is 1. The molecule has 1 heterocycles. The van der Waals surface area contributed by atoms with Gasteiger partial charge in [-0.3, -0.25) is 19.4 Å². The number of rotatable bonds is 3. The molecule has 0 aliphatic carbocycles. The number of hydrogen-bond acceptors (Lipinski definition) is 3. The Labute approximate surface area is 128 Å². The summed E-state index contributed by atoms with van der Waals surface area (Å²) < 4.78 is 14.3. The van der Waals surface area contributed by atoms with Crippen LogP contribution in [0.3, 0.4) is 0 Å². The van der Waals surface area contributed by atoms with Crippen LogP contribution in [0, 0.1) is 5.82 Å². The van der Waals surface area contributed by atoms with Crippen molar-refractivity contribution in [1.82, 2.24) is 9.78 Å². The Morgan fingerprint density at radius 2 is 1.83 bits per heavy atom. The van der Waals surface area contributed by atoms with Crippen molar-refractivity contribution in [3.63, 3.8) is 0 Å². The van der Waals surface area contributed by atoms with Gasteiger partial charge in [-0.2, -0.15) is 0 Å². The normalized spacial score (nSPS) is 10.8. The van der Waals surface area contributed by atoms with Crippen molar-refractivity contribution < 1.29 is 14.3 Å². The highest BCUT2D eigenvalue weighted by Gasteiger charge is 2.15. The van der Waals surface area contributed by atoms with Crippen LogP contribution in [0.15, 0.2) is 52.1 Å². The molecule has 23 heavy (non-hydrogen) atoms. The topological polar surface area (TPSA) is 92.2 Å². The van der Waals surface area contributed by atoms with Gasteiger partial charge in [-0.25, -0.2) is 9.18 Å². The van der Waals surface area contributed by atoms with E-state index in [2.05, 4.69) is 5.10 Å². The summed E-state index contributed by atoms with van der Waals surface area (Å²) in [4.78, 5) is 35.1. The molecule has 7 heteroatoms. The minimum Gasteiger partial charge on any atom is -0.478 e. The Balaban J connectivity index is 2.26. The number of nitrogens with one attached hydrogen (secondary N) is 1. The van der Waals surface area contributed by atoms with E-state index in [4.69, 9.17) is 0 Å². The lowest BCUT2D eigenvalue weighted by atomic mass is 10.1. The molecule has 2 aromatic carbocycles. The summed E-state index contributed by atoms with van der Waals surface area (Å²) in [5, 5.41) is 11.5. The number of aromatic carboxylic acids is 1. The third kappa shape index (κ3) is 2.64. The summed E-state index contributed by atoms with van der Waals surface area (Å²) in [7, 11) is 0. The molecule has 3 aromatic rings. The molecular formula is C16H11FN2O4. The maximum absolute atomic E-state index is 13.0. The molecule has 0 radical (unpaired) electrons. The average molecular weight is 314 g/mol. The monoisotopic (exact) mass is 314 g/mol. The lowest BCUT2D eigenvalue weighted by Crippen LogP contribution is -2.32. The quantitative estimate of drug-likeness (QED) is 0.718. The predicted octanol–water partition coefficient (Wildman–Crippen LogP) is 1.58.